The summed E-state index contributed by atoms with van der Waals surface area (Å²) in [6, 6.07) is 7.29. The first-order chi connectivity index (χ1) is 9.50. The molecule has 0 saturated heterocycles. The molecule has 6 nitrogen and oxygen atoms in total. The number of hydrogen-bond acceptors (Lipinski definition) is 5. The minimum absolute atomic E-state index is 0.164. The van der Waals surface area contributed by atoms with Gasteiger partial charge in [-0.25, -0.2) is 4.98 Å². The molecule has 7 heteroatoms. The van der Waals surface area contributed by atoms with E-state index in [2.05, 4.69) is 9.97 Å². The highest BCUT2D eigenvalue weighted by Crippen LogP contribution is 2.36. The fraction of sp³-hybridized carbons (Fsp3) is 0.231. The molecule has 0 unspecified atom stereocenters. The summed E-state index contributed by atoms with van der Waals surface area (Å²) in [5.41, 5.74) is 0.490. The van der Waals surface area contributed by atoms with Gasteiger partial charge in [-0.2, -0.15) is 4.98 Å². The number of halogens is 1. The first-order valence-electron chi connectivity index (χ1n) is 5.92. The van der Waals surface area contributed by atoms with Gasteiger partial charge in [-0.15, -0.1) is 0 Å². The van der Waals surface area contributed by atoms with Crippen LogP contribution in [-0.2, 0) is 0 Å². The van der Waals surface area contributed by atoms with Crippen LogP contribution in [0.1, 0.15) is 25.3 Å². The van der Waals surface area contributed by atoms with Crippen molar-refractivity contribution in [2.75, 3.05) is 0 Å². The van der Waals surface area contributed by atoms with E-state index >= 15 is 0 Å². The molecule has 1 aromatic carbocycles. The largest absolute Gasteiger partial charge is 0.433 e. The van der Waals surface area contributed by atoms with Crippen LogP contribution in [0.3, 0.4) is 0 Å². The summed E-state index contributed by atoms with van der Waals surface area (Å²) in [4.78, 5) is 17.7. The van der Waals surface area contributed by atoms with Crippen LogP contribution in [0.2, 0.25) is 5.15 Å². The molecule has 0 aliphatic carbocycles. The second-order valence-electron chi connectivity index (χ2n) is 4.37. The van der Waals surface area contributed by atoms with Gasteiger partial charge in [-0.3, -0.25) is 10.1 Å². The summed E-state index contributed by atoms with van der Waals surface area (Å²) in [5.74, 6) is 0.561. The molecule has 0 saturated carbocycles. The molecule has 0 aliphatic heterocycles. The molecule has 0 fully saturated rings. The summed E-state index contributed by atoms with van der Waals surface area (Å²) in [5, 5.41) is 10.8. The lowest BCUT2D eigenvalue weighted by atomic mass is 10.0. The normalized spacial score (nSPS) is 10.6. The van der Waals surface area contributed by atoms with Gasteiger partial charge in [0.05, 0.1) is 4.92 Å². The molecule has 0 spiro atoms. The van der Waals surface area contributed by atoms with Crippen LogP contribution in [0.5, 0.6) is 11.6 Å². The maximum absolute atomic E-state index is 11.0. The maximum Gasteiger partial charge on any atom is 0.368 e. The Bertz CT molecular complexity index is 647. The fourth-order valence-electron chi connectivity index (χ4n) is 1.73. The molecule has 1 heterocycles. The van der Waals surface area contributed by atoms with Gasteiger partial charge < -0.3 is 4.74 Å². The van der Waals surface area contributed by atoms with Crippen LogP contribution in [0.25, 0.3) is 0 Å². The van der Waals surface area contributed by atoms with Crippen LogP contribution >= 0.6 is 11.6 Å². The van der Waals surface area contributed by atoms with E-state index in [1.165, 1.54) is 0 Å². The molecular weight excluding hydrogens is 282 g/mol. The second kappa shape index (κ2) is 5.83. The van der Waals surface area contributed by atoms with Crippen molar-refractivity contribution in [2.45, 2.75) is 19.8 Å². The number of rotatable bonds is 4. The molecule has 0 aliphatic rings. The van der Waals surface area contributed by atoms with E-state index in [0.29, 0.717) is 5.75 Å². The highest BCUT2D eigenvalue weighted by molar-refractivity contribution is 6.31. The third-order valence-electron chi connectivity index (χ3n) is 2.67. The van der Waals surface area contributed by atoms with E-state index in [-0.39, 0.29) is 17.0 Å². The molecule has 20 heavy (non-hydrogen) atoms. The van der Waals surface area contributed by atoms with Crippen molar-refractivity contribution < 1.29 is 9.66 Å². The zero-order chi connectivity index (χ0) is 14.7. The summed E-state index contributed by atoms with van der Waals surface area (Å²) < 4.78 is 5.57. The van der Waals surface area contributed by atoms with Gasteiger partial charge >= 0.3 is 11.6 Å². The smallest absolute Gasteiger partial charge is 0.368 e. The number of aromatic nitrogens is 2. The average Bonchev–Trinajstić information content (AvgIpc) is 2.38. The predicted octanol–water partition coefficient (Wildman–Crippen LogP) is 3.95. The fourth-order valence-corrected chi connectivity index (χ4v) is 1.92. The van der Waals surface area contributed by atoms with Gasteiger partial charge in [0, 0.05) is 0 Å². The second-order valence-corrected chi connectivity index (χ2v) is 4.73. The van der Waals surface area contributed by atoms with Crippen LogP contribution in [0, 0.1) is 10.1 Å². The van der Waals surface area contributed by atoms with E-state index in [4.69, 9.17) is 16.3 Å². The van der Waals surface area contributed by atoms with Gasteiger partial charge in [-0.05, 0) is 17.5 Å². The highest BCUT2D eigenvalue weighted by atomic mass is 35.5. The number of hydrogen-bond donors (Lipinski definition) is 0. The zero-order valence-corrected chi connectivity index (χ0v) is 11.7. The third kappa shape index (κ3) is 2.85. The first-order valence-corrected chi connectivity index (χ1v) is 6.30. The lowest BCUT2D eigenvalue weighted by Crippen LogP contribution is -2.00. The number of ether oxygens (including phenoxy) is 1. The molecule has 104 valence electrons. The maximum atomic E-state index is 11.0. The molecule has 0 N–H and O–H groups in total. The van der Waals surface area contributed by atoms with Crippen molar-refractivity contribution in [3.8, 4) is 11.6 Å². The number of para-hydroxylation sites is 1. The Kier molecular flexibility index (Phi) is 4.14. The van der Waals surface area contributed by atoms with Gasteiger partial charge in [0.15, 0.2) is 0 Å². The quantitative estimate of drug-likeness (QED) is 0.484. The van der Waals surface area contributed by atoms with Crippen LogP contribution < -0.4 is 4.74 Å². The molecule has 2 rings (SSSR count). The number of benzene rings is 1. The zero-order valence-electron chi connectivity index (χ0n) is 10.9. The van der Waals surface area contributed by atoms with Crippen molar-refractivity contribution in [2.24, 2.45) is 0 Å². The molecular formula is C13H12ClN3O3. The predicted molar refractivity (Wildman–Crippen MR) is 74.3 cm³/mol. The van der Waals surface area contributed by atoms with Crippen LogP contribution in [0.15, 0.2) is 30.6 Å². The Morgan fingerprint density at radius 3 is 2.65 bits per heavy atom. The molecule has 2 aromatic rings. The lowest BCUT2D eigenvalue weighted by molar-refractivity contribution is -0.386. The van der Waals surface area contributed by atoms with Crippen molar-refractivity contribution >= 4 is 17.3 Å². The van der Waals surface area contributed by atoms with Crippen LogP contribution in [-0.4, -0.2) is 14.9 Å². The summed E-state index contributed by atoms with van der Waals surface area (Å²) in [6.07, 6.45) is 1.13. The van der Waals surface area contributed by atoms with E-state index in [0.717, 1.165) is 11.9 Å². The first kappa shape index (κ1) is 14.2. The lowest BCUT2D eigenvalue weighted by Gasteiger charge is -2.12. The van der Waals surface area contributed by atoms with Crippen molar-refractivity contribution in [1.82, 2.24) is 9.97 Å². The molecule has 0 amide bonds. The van der Waals surface area contributed by atoms with Crippen LogP contribution in [0.4, 0.5) is 5.69 Å². The molecule has 0 atom stereocenters. The Hall–Kier alpha value is -2.21. The summed E-state index contributed by atoms with van der Waals surface area (Å²) in [7, 11) is 0. The van der Waals surface area contributed by atoms with Crippen molar-refractivity contribution in [3.05, 3.63) is 51.4 Å². The van der Waals surface area contributed by atoms with Gasteiger partial charge in [0.1, 0.15) is 12.1 Å². The summed E-state index contributed by atoms with van der Waals surface area (Å²) in [6.45, 7) is 4.01. The minimum Gasteiger partial charge on any atom is -0.433 e. The summed E-state index contributed by atoms with van der Waals surface area (Å²) >= 11 is 5.72. The monoisotopic (exact) mass is 293 g/mol. The standard InChI is InChI=1S/C13H12ClN3O3/c1-8(2)9-5-3-4-6-10(9)20-13-11(17(18)19)12(14)15-7-16-13/h3-8H,1-2H3. The Balaban J connectivity index is 2.46. The average molecular weight is 294 g/mol. The third-order valence-corrected chi connectivity index (χ3v) is 2.95. The van der Waals surface area contributed by atoms with Gasteiger partial charge in [-0.1, -0.05) is 43.6 Å². The minimum atomic E-state index is -0.657. The van der Waals surface area contributed by atoms with E-state index in [1.54, 1.807) is 12.1 Å². The van der Waals surface area contributed by atoms with Gasteiger partial charge in [0.25, 0.3) is 0 Å². The number of nitro groups is 1. The van der Waals surface area contributed by atoms with Gasteiger partial charge in [0.2, 0.25) is 5.15 Å². The van der Waals surface area contributed by atoms with E-state index < -0.39 is 10.6 Å². The van der Waals surface area contributed by atoms with Crippen molar-refractivity contribution in [1.29, 1.82) is 0 Å². The molecule has 0 bridgehead atoms. The molecule has 1 aromatic heterocycles. The highest BCUT2D eigenvalue weighted by Gasteiger charge is 2.24. The van der Waals surface area contributed by atoms with E-state index in [9.17, 15) is 10.1 Å². The van der Waals surface area contributed by atoms with Crippen molar-refractivity contribution in [3.63, 3.8) is 0 Å². The number of nitrogens with zero attached hydrogens (tertiary/aromatic N) is 3. The molecule has 0 radical (unpaired) electrons. The Morgan fingerprint density at radius 2 is 2.00 bits per heavy atom. The SMILES string of the molecule is CC(C)c1ccccc1Oc1ncnc(Cl)c1[N+](=O)[O-]. The Morgan fingerprint density at radius 1 is 1.30 bits per heavy atom. The Labute approximate surface area is 120 Å². The van der Waals surface area contributed by atoms with E-state index in [1.807, 2.05) is 26.0 Å². The topological polar surface area (TPSA) is 78.2 Å².